The third-order valence-corrected chi connectivity index (χ3v) is 6.98. The topological polar surface area (TPSA) is 83.6 Å². The van der Waals surface area contributed by atoms with Gasteiger partial charge >= 0.3 is 0 Å². The van der Waals surface area contributed by atoms with Crippen molar-refractivity contribution in [3.63, 3.8) is 0 Å². The predicted molar refractivity (Wildman–Crippen MR) is 89.4 cm³/mol. The van der Waals surface area contributed by atoms with E-state index in [9.17, 15) is 16.8 Å². The average Bonchev–Trinajstić information content (AvgIpc) is 2.69. The zero-order valence-electron chi connectivity index (χ0n) is 12.4. The zero-order valence-corrected chi connectivity index (χ0v) is 14.8. The third-order valence-electron chi connectivity index (χ3n) is 3.16. The Morgan fingerprint density at radius 3 is 2.55 bits per heavy atom. The number of anilines is 2. The van der Waals surface area contributed by atoms with Crippen LogP contribution in [0.15, 0.2) is 18.2 Å². The molecule has 0 unspecified atom stereocenters. The third kappa shape index (κ3) is 4.05. The smallest absolute Gasteiger partial charge is 0.235 e. The summed E-state index contributed by atoms with van der Waals surface area (Å²) in [6.07, 6.45) is 0.572. The Balaban J connectivity index is 2.24. The van der Waals surface area contributed by atoms with Crippen LogP contribution in [0.1, 0.15) is 20.3 Å². The van der Waals surface area contributed by atoms with Gasteiger partial charge in [0.2, 0.25) is 20.0 Å². The summed E-state index contributed by atoms with van der Waals surface area (Å²) in [5.74, 6) is 0.101. The van der Waals surface area contributed by atoms with Gasteiger partial charge in [-0.2, -0.15) is 0 Å². The van der Waals surface area contributed by atoms with E-state index in [1.807, 2.05) is 13.8 Å². The summed E-state index contributed by atoms with van der Waals surface area (Å²) in [4.78, 5) is 0. The lowest BCUT2D eigenvalue weighted by Crippen LogP contribution is -2.25. The fourth-order valence-corrected chi connectivity index (χ4v) is 5.63. The van der Waals surface area contributed by atoms with Crippen LogP contribution < -0.4 is 9.03 Å². The van der Waals surface area contributed by atoms with Gasteiger partial charge in [0.05, 0.1) is 27.9 Å². The first-order chi connectivity index (χ1) is 10.1. The molecule has 1 aliphatic heterocycles. The number of nitrogens with one attached hydrogen (secondary N) is 1. The summed E-state index contributed by atoms with van der Waals surface area (Å²) in [5, 5.41) is 0.173. The van der Waals surface area contributed by atoms with E-state index in [2.05, 4.69) is 4.72 Å². The van der Waals surface area contributed by atoms with Crippen LogP contribution >= 0.6 is 11.6 Å². The maximum absolute atomic E-state index is 11.9. The van der Waals surface area contributed by atoms with Gasteiger partial charge in [0.1, 0.15) is 0 Å². The van der Waals surface area contributed by atoms with E-state index in [1.165, 1.54) is 16.4 Å². The summed E-state index contributed by atoms with van der Waals surface area (Å²) in [6, 6.07) is 4.52. The van der Waals surface area contributed by atoms with E-state index in [-0.39, 0.29) is 28.1 Å². The monoisotopic (exact) mass is 366 g/mol. The second kappa shape index (κ2) is 6.25. The van der Waals surface area contributed by atoms with Gasteiger partial charge in [-0.3, -0.25) is 9.03 Å². The highest BCUT2D eigenvalue weighted by atomic mass is 35.5. The Labute approximate surface area is 136 Å². The fraction of sp³-hybridized carbons (Fsp3) is 0.538. The molecule has 0 spiro atoms. The van der Waals surface area contributed by atoms with Gasteiger partial charge in [-0.05, 0) is 30.5 Å². The molecule has 2 rings (SSSR count). The molecular formula is C13H19ClN2O4S2. The van der Waals surface area contributed by atoms with Crippen molar-refractivity contribution >= 4 is 43.0 Å². The molecule has 6 nitrogen and oxygen atoms in total. The van der Waals surface area contributed by atoms with Crippen molar-refractivity contribution in [2.75, 3.05) is 27.1 Å². The molecule has 1 aliphatic rings. The van der Waals surface area contributed by atoms with Crippen molar-refractivity contribution in [3.8, 4) is 0 Å². The molecule has 1 fully saturated rings. The van der Waals surface area contributed by atoms with E-state index in [1.54, 1.807) is 6.07 Å². The van der Waals surface area contributed by atoms with E-state index in [0.29, 0.717) is 18.7 Å². The lowest BCUT2D eigenvalue weighted by atomic mass is 10.3. The van der Waals surface area contributed by atoms with Gasteiger partial charge in [-0.25, -0.2) is 16.8 Å². The lowest BCUT2D eigenvalue weighted by Gasteiger charge is -2.18. The second-order valence-electron chi connectivity index (χ2n) is 5.68. The molecule has 0 saturated carbocycles. The molecule has 0 atom stereocenters. The average molecular weight is 367 g/mol. The highest BCUT2D eigenvalue weighted by molar-refractivity contribution is 7.93. The first-order valence-electron chi connectivity index (χ1n) is 6.91. The van der Waals surface area contributed by atoms with Crippen molar-refractivity contribution in [2.45, 2.75) is 20.3 Å². The van der Waals surface area contributed by atoms with Gasteiger partial charge in [-0.15, -0.1) is 0 Å². The minimum absolute atomic E-state index is 0.00835. The van der Waals surface area contributed by atoms with E-state index in [4.69, 9.17) is 11.6 Å². The Hall–Kier alpha value is -0.990. The summed E-state index contributed by atoms with van der Waals surface area (Å²) in [5.41, 5.74) is 0.706. The first kappa shape index (κ1) is 17.4. The van der Waals surface area contributed by atoms with Crippen molar-refractivity contribution in [1.82, 2.24) is 0 Å². The second-order valence-corrected chi connectivity index (χ2v) is 9.87. The normalized spacial score (nSPS) is 17.9. The molecule has 0 bridgehead atoms. The molecule has 0 radical (unpaired) electrons. The summed E-state index contributed by atoms with van der Waals surface area (Å²) in [7, 11) is -6.76. The van der Waals surface area contributed by atoms with Crippen molar-refractivity contribution in [1.29, 1.82) is 0 Å². The predicted octanol–water partition coefficient (Wildman–Crippen LogP) is 2.28. The van der Waals surface area contributed by atoms with Crippen LogP contribution in [0.25, 0.3) is 0 Å². The molecule has 1 N–H and O–H groups in total. The lowest BCUT2D eigenvalue weighted by molar-refractivity contribution is 0.587. The fourth-order valence-electron chi connectivity index (χ4n) is 2.32. The molecule has 0 aromatic heterocycles. The SMILES string of the molecule is CC(C)CS(=O)(=O)Nc1ccc(N2CCCS2(=O)=O)cc1Cl. The van der Waals surface area contributed by atoms with Gasteiger partial charge in [0.25, 0.3) is 0 Å². The van der Waals surface area contributed by atoms with Crippen LogP contribution in [0.5, 0.6) is 0 Å². The molecule has 1 aromatic carbocycles. The minimum atomic E-state index is -3.48. The summed E-state index contributed by atoms with van der Waals surface area (Å²) < 4.78 is 51.3. The van der Waals surface area contributed by atoms with Crippen LogP contribution in [0.3, 0.4) is 0 Å². The van der Waals surface area contributed by atoms with Crippen LogP contribution in [-0.4, -0.2) is 34.9 Å². The molecule has 1 heterocycles. The quantitative estimate of drug-likeness (QED) is 0.866. The number of halogens is 1. The van der Waals surface area contributed by atoms with Crippen LogP contribution in [0, 0.1) is 5.92 Å². The zero-order chi connectivity index (χ0) is 16.5. The highest BCUT2D eigenvalue weighted by Gasteiger charge is 2.28. The van der Waals surface area contributed by atoms with Crippen LogP contribution in [-0.2, 0) is 20.0 Å². The molecule has 1 aromatic rings. The highest BCUT2D eigenvalue weighted by Crippen LogP contribution is 2.31. The Morgan fingerprint density at radius 1 is 1.36 bits per heavy atom. The number of rotatable bonds is 5. The first-order valence-corrected chi connectivity index (χ1v) is 10.5. The van der Waals surface area contributed by atoms with Crippen molar-refractivity contribution in [2.24, 2.45) is 5.92 Å². The number of sulfonamides is 2. The van der Waals surface area contributed by atoms with E-state index >= 15 is 0 Å². The molecule has 0 amide bonds. The van der Waals surface area contributed by atoms with Gasteiger partial charge in [0, 0.05) is 6.54 Å². The maximum Gasteiger partial charge on any atom is 0.235 e. The summed E-state index contributed by atoms with van der Waals surface area (Å²) in [6.45, 7) is 4.03. The standard InChI is InChI=1S/C13H19ClN2O4S2/c1-10(2)9-21(17,18)15-13-5-4-11(8-12(13)14)16-6-3-7-22(16,19)20/h4-5,8,10,15H,3,6-7,9H2,1-2H3. The Bertz CT molecular complexity index is 760. The molecule has 22 heavy (non-hydrogen) atoms. The molecule has 1 saturated heterocycles. The molecule has 9 heteroatoms. The van der Waals surface area contributed by atoms with Crippen LogP contribution in [0.4, 0.5) is 11.4 Å². The Kier molecular flexibility index (Phi) is 4.93. The number of hydrogen-bond donors (Lipinski definition) is 1. The number of benzene rings is 1. The van der Waals surface area contributed by atoms with Crippen molar-refractivity contribution in [3.05, 3.63) is 23.2 Å². The summed E-state index contributed by atoms with van der Waals surface area (Å²) >= 11 is 6.10. The number of nitrogens with zero attached hydrogens (tertiary/aromatic N) is 1. The maximum atomic E-state index is 11.9. The molecule has 0 aliphatic carbocycles. The molecule has 124 valence electrons. The van der Waals surface area contributed by atoms with Crippen molar-refractivity contribution < 1.29 is 16.8 Å². The largest absolute Gasteiger partial charge is 0.282 e. The van der Waals surface area contributed by atoms with Gasteiger partial charge in [0.15, 0.2) is 0 Å². The van der Waals surface area contributed by atoms with E-state index in [0.717, 1.165) is 0 Å². The Morgan fingerprint density at radius 2 is 2.05 bits per heavy atom. The number of hydrogen-bond acceptors (Lipinski definition) is 4. The minimum Gasteiger partial charge on any atom is -0.282 e. The van der Waals surface area contributed by atoms with Gasteiger partial charge < -0.3 is 0 Å². The van der Waals surface area contributed by atoms with Crippen LogP contribution in [0.2, 0.25) is 5.02 Å². The molecular weight excluding hydrogens is 348 g/mol. The van der Waals surface area contributed by atoms with E-state index < -0.39 is 20.0 Å². The van der Waals surface area contributed by atoms with Gasteiger partial charge in [-0.1, -0.05) is 25.4 Å².